The summed E-state index contributed by atoms with van der Waals surface area (Å²) in [7, 11) is 0. The van der Waals surface area contributed by atoms with Gasteiger partial charge < -0.3 is 16.0 Å². The largest absolute Gasteiger partial charge is 0.374 e. The van der Waals surface area contributed by atoms with E-state index in [1.165, 1.54) is 0 Å². The zero-order chi connectivity index (χ0) is 20.1. The molecular formula is C21H21N5O2S. The van der Waals surface area contributed by atoms with Gasteiger partial charge in [0.2, 0.25) is 11.8 Å². The van der Waals surface area contributed by atoms with E-state index in [-0.39, 0.29) is 18.4 Å². The molecule has 29 heavy (non-hydrogen) atoms. The number of carbonyl (C=O) groups is 2. The number of nitrogens with one attached hydrogen (secondary N) is 3. The number of rotatable bonds is 7. The first kappa shape index (κ1) is 19.1. The Bertz CT molecular complexity index is 1060. The lowest BCUT2D eigenvalue weighted by Crippen LogP contribution is -2.23. The zero-order valence-corrected chi connectivity index (χ0v) is 16.5. The molecule has 1 aliphatic carbocycles. The molecule has 3 N–H and O–H groups in total. The zero-order valence-electron chi connectivity index (χ0n) is 15.7. The molecule has 8 heteroatoms. The highest BCUT2D eigenvalue weighted by Gasteiger charge is 2.15. The summed E-state index contributed by atoms with van der Waals surface area (Å²) in [4.78, 5) is 24.7. The minimum atomic E-state index is -0.206. The Morgan fingerprint density at radius 1 is 0.966 bits per heavy atom. The standard InChI is InChI=1S/C21H21N5O2S/c27-19(12-14-6-1-2-7-14)23-16-9-4-3-8-15(16)22-13-20(28)24-17-10-5-11-18-21(17)26-29-25-18/h1,3-6,8-11,14,22H,2,7,12-13H2,(H,23,27)(H,24,28). The van der Waals surface area contributed by atoms with E-state index >= 15 is 0 Å². The summed E-state index contributed by atoms with van der Waals surface area (Å²) >= 11 is 1.11. The Morgan fingerprint density at radius 2 is 1.76 bits per heavy atom. The third-order valence-corrected chi connectivity index (χ3v) is 5.30. The Kier molecular flexibility index (Phi) is 5.81. The molecule has 1 aliphatic rings. The predicted molar refractivity (Wildman–Crippen MR) is 116 cm³/mol. The van der Waals surface area contributed by atoms with E-state index < -0.39 is 0 Å². The average Bonchev–Trinajstić information content (AvgIpc) is 3.39. The SMILES string of the molecule is O=C(CC1C=CCC1)Nc1ccccc1NCC(=O)Nc1cccc2nsnc12. The van der Waals surface area contributed by atoms with Crippen LogP contribution < -0.4 is 16.0 Å². The van der Waals surface area contributed by atoms with E-state index in [9.17, 15) is 9.59 Å². The van der Waals surface area contributed by atoms with Gasteiger partial charge in [0.25, 0.3) is 0 Å². The summed E-state index contributed by atoms with van der Waals surface area (Å²) in [5.41, 5.74) is 3.43. The fourth-order valence-electron chi connectivity index (χ4n) is 3.33. The molecule has 2 aromatic carbocycles. The number of amides is 2. The van der Waals surface area contributed by atoms with E-state index in [1.54, 1.807) is 6.07 Å². The maximum Gasteiger partial charge on any atom is 0.243 e. The summed E-state index contributed by atoms with van der Waals surface area (Å²) in [6.07, 6.45) is 6.75. The third kappa shape index (κ3) is 4.78. The molecule has 0 aliphatic heterocycles. The molecule has 0 radical (unpaired) electrons. The van der Waals surface area contributed by atoms with Crippen LogP contribution >= 0.6 is 11.7 Å². The first-order valence-corrected chi connectivity index (χ1v) is 10.2. The summed E-state index contributed by atoms with van der Waals surface area (Å²) in [6.45, 7) is 0.0617. The van der Waals surface area contributed by atoms with Gasteiger partial charge in [0.05, 0.1) is 35.3 Å². The van der Waals surface area contributed by atoms with E-state index in [4.69, 9.17) is 0 Å². The van der Waals surface area contributed by atoms with Crippen LogP contribution in [0.1, 0.15) is 19.3 Å². The molecule has 0 saturated heterocycles. The number of anilines is 3. The van der Waals surface area contributed by atoms with Gasteiger partial charge in [0, 0.05) is 6.42 Å². The Hall–Kier alpha value is -3.26. The van der Waals surface area contributed by atoms with E-state index in [1.807, 2.05) is 36.4 Å². The number of allylic oxidation sites excluding steroid dienone is 2. The number of carbonyl (C=O) groups excluding carboxylic acids is 2. The molecule has 1 aromatic heterocycles. The molecule has 0 spiro atoms. The van der Waals surface area contributed by atoms with Gasteiger partial charge in [-0.05, 0) is 43.0 Å². The number of fused-ring (bicyclic) bond motifs is 1. The molecule has 148 valence electrons. The first-order chi connectivity index (χ1) is 14.2. The van der Waals surface area contributed by atoms with Crippen molar-refractivity contribution in [3.05, 3.63) is 54.6 Å². The second-order valence-corrected chi connectivity index (χ2v) is 7.43. The molecule has 1 unspecified atom stereocenters. The van der Waals surface area contributed by atoms with Gasteiger partial charge in [0.15, 0.2) is 0 Å². The number of benzene rings is 2. The van der Waals surface area contributed by atoms with Gasteiger partial charge in [0.1, 0.15) is 11.0 Å². The van der Waals surface area contributed by atoms with Gasteiger partial charge in [-0.1, -0.05) is 30.4 Å². The second-order valence-electron chi connectivity index (χ2n) is 6.90. The van der Waals surface area contributed by atoms with Gasteiger partial charge >= 0.3 is 0 Å². The molecule has 1 atom stereocenters. The highest BCUT2D eigenvalue weighted by atomic mass is 32.1. The van der Waals surface area contributed by atoms with Crippen LogP contribution in [0.15, 0.2) is 54.6 Å². The van der Waals surface area contributed by atoms with Crippen LogP contribution in [0, 0.1) is 5.92 Å². The molecular weight excluding hydrogens is 386 g/mol. The summed E-state index contributed by atoms with van der Waals surface area (Å²) in [6, 6.07) is 12.9. The summed E-state index contributed by atoms with van der Waals surface area (Å²) in [5, 5.41) is 8.91. The molecule has 4 rings (SSSR count). The number of aromatic nitrogens is 2. The maximum atomic E-state index is 12.4. The van der Waals surface area contributed by atoms with E-state index in [2.05, 4.69) is 36.8 Å². The average molecular weight is 407 g/mol. The lowest BCUT2D eigenvalue weighted by atomic mass is 10.0. The monoisotopic (exact) mass is 407 g/mol. The third-order valence-electron chi connectivity index (χ3n) is 4.76. The van der Waals surface area contributed by atoms with Gasteiger partial charge in [-0.2, -0.15) is 8.75 Å². The Balaban J connectivity index is 1.35. The molecule has 7 nitrogen and oxygen atoms in total. The van der Waals surface area contributed by atoms with Crippen LogP contribution in [0.5, 0.6) is 0 Å². The fourth-order valence-corrected chi connectivity index (χ4v) is 3.88. The Labute approximate surface area is 172 Å². The second kappa shape index (κ2) is 8.83. The quantitative estimate of drug-likeness (QED) is 0.514. The minimum Gasteiger partial charge on any atom is -0.374 e. The van der Waals surface area contributed by atoms with Crippen molar-refractivity contribution in [3.8, 4) is 0 Å². The molecule has 1 heterocycles. The predicted octanol–water partition coefficient (Wildman–Crippen LogP) is 4.04. The number of hydrogen-bond donors (Lipinski definition) is 3. The molecule has 2 amide bonds. The van der Waals surface area contributed by atoms with Gasteiger partial charge in [-0.25, -0.2) is 0 Å². The van der Waals surface area contributed by atoms with Crippen LogP contribution in [0.2, 0.25) is 0 Å². The number of para-hydroxylation sites is 2. The number of nitrogens with zero attached hydrogens (tertiary/aromatic N) is 2. The fraction of sp³-hybridized carbons (Fsp3) is 0.238. The van der Waals surface area contributed by atoms with Crippen LogP contribution in [0.25, 0.3) is 11.0 Å². The van der Waals surface area contributed by atoms with Crippen molar-refractivity contribution in [2.75, 3.05) is 22.5 Å². The van der Waals surface area contributed by atoms with Crippen molar-refractivity contribution in [1.29, 1.82) is 0 Å². The van der Waals surface area contributed by atoms with Crippen molar-refractivity contribution >= 4 is 51.6 Å². The number of hydrogen-bond acceptors (Lipinski definition) is 6. The van der Waals surface area contributed by atoms with Crippen LogP contribution in [-0.2, 0) is 9.59 Å². The van der Waals surface area contributed by atoms with E-state index in [0.717, 1.165) is 30.1 Å². The van der Waals surface area contributed by atoms with Crippen molar-refractivity contribution < 1.29 is 9.59 Å². The topological polar surface area (TPSA) is 96.0 Å². The molecule has 0 bridgehead atoms. The summed E-state index contributed by atoms with van der Waals surface area (Å²) < 4.78 is 8.40. The van der Waals surface area contributed by atoms with Crippen LogP contribution in [0.3, 0.4) is 0 Å². The molecule has 3 aromatic rings. The lowest BCUT2D eigenvalue weighted by molar-refractivity contribution is -0.117. The molecule has 0 fully saturated rings. The van der Waals surface area contributed by atoms with Crippen LogP contribution in [-0.4, -0.2) is 27.1 Å². The van der Waals surface area contributed by atoms with Crippen molar-refractivity contribution in [3.63, 3.8) is 0 Å². The van der Waals surface area contributed by atoms with E-state index in [0.29, 0.717) is 34.9 Å². The van der Waals surface area contributed by atoms with Crippen molar-refractivity contribution in [2.45, 2.75) is 19.3 Å². The first-order valence-electron chi connectivity index (χ1n) is 9.49. The Morgan fingerprint density at radius 3 is 2.59 bits per heavy atom. The molecule has 0 saturated carbocycles. The van der Waals surface area contributed by atoms with Crippen molar-refractivity contribution in [2.24, 2.45) is 5.92 Å². The normalized spacial score (nSPS) is 15.4. The minimum absolute atomic E-state index is 0.0250. The van der Waals surface area contributed by atoms with Gasteiger partial charge in [-0.15, -0.1) is 0 Å². The van der Waals surface area contributed by atoms with Crippen LogP contribution in [0.4, 0.5) is 17.1 Å². The van der Waals surface area contributed by atoms with Gasteiger partial charge in [-0.3, -0.25) is 9.59 Å². The maximum absolute atomic E-state index is 12.4. The van der Waals surface area contributed by atoms with Crippen molar-refractivity contribution in [1.82, 2.24) is 8.75 Å². The lowest BCUT2D eigenvalue weighted by Gasteiger charge is -2.14. The smallest absolute Gasteiger partial charge is 0.243 e. The summed E-state index contributed by atoms with van der Waals surface area (Å²) in [5.74, 6) is 0.0782. The highest BCUT2D eigenvalue weighted by molar-refractivity contribution is 7.00. The highest BCUT2D eigenvalue weighted by Crippen LogP contribution is 2.25.